The van der Waals surface area contributed by atoms with Crippen molar-refractivity contribution in [3.8, 4) is 0 Å². The van der Waals surface area contributed by atoms with Gasteiger partial charge in [0.25, 0.3) is 0 Å². The predicted octanol–water partition coefficient (Wildman–Crippen LogP) is 0.982. The minimum Gasteiger partial charge on any atom is -0.441 e. The number of hydrogen-bond donors (Lipinski definition) is 1. The minimum atomic E-state index is -0.710. The SMILES string of the molecule is CC(C)c1ncncc1NC(=O)C(=O)N1CCC2(CC1)CN(C)C(=O)O2. The number of anilines is 1. The molecule has 140 valence electrons. The maximum absolute atomic E-state index is 12.5. The van der Waals surface area contributed by atoms with Gasteiger partial charge in [0.2, 0.25) is 0 Å². The van der Waals surface area contributed by atoms with E-state index in [9.17, 15) is 14.4 Å². The van der Waals surface area contributed by atoms with Crippen LogP contribution in [0, 0.1) is 0 Å². The van der Waals surface area contributed by atoms with E-state index in [0.717, 1.165) is 0 Å². The molecule has 9 nitrogen and oxygen atoms in total. The molecular weight excluding hydrogens is 338 g/mol. The fourth-order valence-electron chi connectivity index (χ4n) is 3.38. The Bertz CT molecular complexity index is 728. The number of rotatable bonds is 2. The van der Waals surface area contributed by atoms with Gasteiger partial charge in [0, 0.05) is 33.0 Å². The molecule has 0 aliphatic carbocycles. The molecule has 1 N–H and O–H groups in total. The van der Waals surface area contributed by atoms with Gasteiger partial charge in [0.05, 0.1) is 24.1 Å². The lowest BCUT2D eigenvalue weighted by molar-refractivity contribution is -0.145. The van der Waals surface area contributed by atoms with Gasteiger partial charge in [-0.25, -0.2) is 14.8 Å². The third-order valence-electron chi connectivity index (χ3n) is 4.84. The van der Waals surface area contributed by atoms with Crippen LogP contribution in [0.15, 0.2) is 12.5 Å². The van der Waals surface area contributed by atoms with Gasteiger partial charge in [-0.2, -0.15) is 0 Å². The van der Waals surface area contributed by atoms with Crippen LogP contribution >= 0.6 is 0 Å². The van der Waals surface area contributed by atoms with E-state index in [4.69, 9.17) is 4.74 Å². The third kappa shape index (κ3) is 3.47. The highest BCUT2D eigenvalue weighted by Crippen LogP contribution is 2.32. The number of likely N-dealkylation sites (N-methyl/N-ethyl adjacent to an activating group) is 1. The summed E-state index contributed by atoms with van der Waals surface area (Å²) in [7, 11) is 1.69. The lowest BCUT2D eigenvalue weighted by Gasteiger charge is -2.36. The van der Waals surface area contributed by atoms with E-state index in [-0.39, 0.29) is 12.0 Å². The van der Waals surface area contributed by atoms with Crippen LogP contribution in [0.2, 0.25) is 0 Å². The van der Waals surface area contributed by atoms with E-state index >= 15 is 0 Å². The van der Waals surface area contributed by atoms with E-state index in [1.165, 1.54) is 22.3 Å². The van der Waals surface area contributed by atoms with Crippen LogP contribution in [0.25, 0.3) is 0 Å². The molecule has 0 atom stereocenters. The molecule has 3 amide bonds. The van der Waals surface area contributed by atoms with Crippen LogP contribution < -0.4 is 5.32 Å². The maximum atomic E-state index is 12.5. The summed E-state index contributed by atoms with van der Waals surface area (Å²) in [4.78, 5) is 47.5. The van der Waals surface area contributed by atoms with Crippen LogP contribution in [0.1, 0.15) is 38.3 Å². The molecule has 1 aromatic heterocycles. The molecule has 1 aromatic rings. The molecule has 26 heavy (non-hydrogen) atoms. The van der Waals surface area contributed by atoms with Crippen molar-refractivity contribution in [2.75, 3.05) is 32.0 Å². The van der Waals surface area contributed by atoms with Gasteiger partial charge in [0.1, 0.15) is 11.9 Å². The summed E-state index contributed by atoms with van der Waals surface area (Å²) >= 11 is 0. The molecule has 0 unspecified atom stereocenters. The van der Waals surface area contributed by atoms with E-state index in [2.05, 4.69) is 15.3 Å². The average Bonchev–Trinajstić information content (AvgIpc) is 2.88. The molecule has 0 radical (unpaired) electrons. The normalized spacial score (nSPS) is 19.0. The third-order valence-corrected chi connectivity index (χ3v) is 4.84. The zero-order valence-electron chi connectivity index (χ0n) is 15.2. The molecule has 2 aliphatic heterocycles. The van der Waals surface area contributed by atoms with Crippen molar-refractivity contribution >= 4 is 23.6 Å². The summed E-state index contributed by atoms with van der Waals surface area (Å²) in [5.41, 5.74) is 0.581. The molecule has 1 spiro atoms. The molecule has 9 heteroatoms. The van der Waals surface area contributed by atoms with E-state index < -0.39 is 17.4 Å². The Kier molecular flexibility index (Phi) is 4.80. The molecule has 0 saturated carbocycles. The molecule has 0 aromatic carbocycles. The lowest BCUT2D eigenvalue weighted by Crippen LogP contribution is -2.51. The Morgan fingerprint density at radius 3 is 2.58 bits per heavy atom. The number of hydrogen-bond acceptors (Lipinski definition) is 6. The quantitative estimate of drug-likeness (QED) is 0.788. The Hall–Kier alpha value is -2.71. The number of likely N-dealkylation sites (tertiary alicyclic amines) is 1. The molecule has 0 bridgehead atoms. The second-order valence-electron chi connectivity index (χ2n) is 7.13. The first-order valence-electron chi connectivity index (χ1n) is 8.65. The predicted molar refractivity (Wildman–Crippen MR) is 92.4 cm³/mol. The fraction of sp³-hybridized carbons (Fsp3) is 0.588. The largest absolute Gasteiger partial charge is 0.441 e. The molecular formula is C17H23N5O4. The first-order valence-corrected chi connectivity index (χ1v) is 8.65. The van der Waals surface area contributed by atoms with Crippen LogP contribution in [0.4, 0.5) is 10.5 Å². The summed E-state index contributed by atoms with van der Waals surface area (Å²) < 4.78 is 5.46. The van der Waals surface area contributed by atoms with E-state index in [0.29, 0.717) is 43.9 Å². The number of nitrogens with zero attached hydrogens (tertiary/aromatic N) is 4. The van der Waals surface area contributed by atoms with Crippen molar-refractivity contribution in [1.82, 2.24) is 19.8 Å². The maximum Gasteiger partial charge on any atom is 0.410 e. The topological polar surface area (TPSA) is 105 Å². The van der Waals surface area contributed by atoms with E-state index in [1.54, 1.807) is 7.05 Å². The number of aromatic nitrogens is 2. The second-order valence-corrected chi connectivity index (χ2v) is 7.13. The fourth-order valence-corrected chi connectivity index (χ4v) is 3.38. The van der Waals surface area contributed by atoms with Crippen molar-refractivity contribution < 1.29 is 19.1 Å². The molecule has 2 fully saturated rings. The molecule has 2 saturated heterocycles. The van der Waals surface area contributed by atoms with Crippen molar-refractivity contribution in [3.05, 3.63) is 18.2 Å². The second kappa shape index (κ2) is 6.89. The minimum absolute atomic E-state index is 0.0901. The number of carbonyl (C=O) groups is 3. The number of amides is 3. The zero-order chi connectivity index (χ0) is 18.9. The summed E-state index contributed by atoms with van der Waals surface area (Å²) in [5.74, 6) is -1.22. The Labute approximate surface area is 151 Å². The summed E-state index contributed by atoms with van der Waals surface area (Å²) in [6, 6.07) is 0. The van der Waals surface area contributed by atoms with Crippen LogP contribution in [-0.4, -0.2) is 70.0 Å². The standard InChI is InChI=1S/C17H23N5O4/c1-11(2)13-12(8-18-10-19-13)20-14(23)15(24)22-6-4-17(5-7-22)9-21(3)16(25)26-17/h8,10-11H,4-7,9H2,1-3H3,(H,20,23). The highest BCUT2D eigenvalue weighted by atomic mass is 16.6. The van der Waals surface area contributed by atoms with Crippen molar-refractivity contribution in [2.24, 2.45) is 0 Å². The number of ether oxygens (including phenoxy) is 1. The first-order chi connectivity index (χ1) is 12.3. The van der Waals surface area contributed by atoms with Gasteiger partial charge >= 0.3 is 17.9 Å². The van der Waals surface area contributed by atoms with Crippen molar-refractivity contribution in [2.45, 2.75) is 38.2 Å². The molecule has 3 rings (SSSR count). The first kappa shape index (κ1) is 18.1. The van der Waals surface area contributed by atoms with Gasteiger partial charge in [-0.1, -0.05) is 13.8 Å². The Balaban J connectivity index is 1.61. The van der Waals surface area contributed by atoms with Gasteiger partial charge in [-0.3, -0.25) is 9.59 Å². The molecule has 2 aliphatic rings. The number of nitrogens with one attached hydrogen (secondary N) is 1. The van der Waals surface area contributed by atoms with Gasteiger partial charge in [-0.05, 0) is 5.92 Å². The Morgan fingerprint density at radius 1 is 1.31 bits per heavy atom. The molecule has 3 heterocycles. The Morgan fingerprint density at radius 2 is 2.00 bits per heavy atom. The van der Waals surface area contributed by atoms with Crippen molar-refractivity contribution in [3.63, 3.8) is 0 Å². The van der Waals surface area contributed by atoms with Gasteiger partial charge in [-0.15, -0.1) is 0 Å². The van der Waals surface area contributed by atoms with Crippen molar-refractivity contribution in [1.29, 1.82) is 0 Å². The van der Waals surface area contributed by atoms with Crippen LogP contribution in [-0.2, 0) is 14.3 Å². The average molecular weight is 361 g/mol. The van der Waals surface area contributed by atoms with Crippen LogP contribution in [0.3, 0.4) is 0 Å². The van der Waals surface area contributed by atoms with Crippen LogP contribution in [0.5, 0.6) is 0 Å². The summed E-state index contributed by atoms with van der Waals surface area (Å²) in [5, 5.41) is 2.62. The summed E-state index contributed by atoms with van der Waals surface area (Å²) in [6.07, 6.45) is 3.61. The van der Waals surface area contributed by atoms with Gasteiger partial charge < -0.3 is 19.9 Å². The highest BCUT2D eigenvalue weighted by molar-refractivity contribution is 6.39. The number of carbonyl (C=O) groups excluding carboxylic acids is 3. The summed E-state index contributed by atoms with van der Waals surface area (Å²) in [6.45, 7) is 5.15. The smallest absolute Gasteiger partial charge is 0.410 e. The lowest BCUT2D eigenvalue weighted by atomic mass is 9.91. The zero-order valence-corrected chi connectivity index (χ0v) is 15.2. The van der Waals surface area contributed by atoms with Gasteiger partial charge in [0.15, 0.2) is 0 Å². The monoisotopic (exact) mass is 361 g/mol. The highest BCUT2D eigenvalue weighted by Gasteiger charge is 2.46. The van der Waals surface area contributed by atoms with E-state index in [1.807, 2.05) is 13.8 Å². The number of piperidine rings is 1.